The minimum absolute atomic E-state index is 0.0991. The van der Waals surface area contributed by atoms with Crippen LogP contribution in [0.3, 0.4) is 0 Å². The number of carbonyl (C=O) groups excluding carboxylic acids is 2. The molecule has 21 heavy (non-hydrogen) atoms. The molecule has 0 aromatic heterocycles. The van der Waals surface area contributed by atoms with Gasteiger partial charge in [0.2, 0.25) is 11.8 Å². The van der Waals surface area contributed by atoms with E-state index in [0.717, 1.165) is 0 Å². The largest absolute Gasteiger partial charge is 0.391 e. The molecule has 2 rings (SSSR count). The maximum absolute atomic E-state index is 12.8. The van der Waals surface area contributed by atoms with E-state index in [1.807, 2.05) is 0 Å². The molecule has 2 fully saturated rings. The van der Waals surface area contributed by atoms with Gasteiger partial charge >= 0.3 is 6.18 Å². The molecule has 1 aliphatic carbocycles. The van der Waals surface area contributed by atoms with E-state index < -0.39 is 18.0 Å². The van der Waals surface area contributed by atoms with E-state index in [1.165, 1.54) is 0 Å². The fourth-order valence-electron chi connectivity index (χ4n) is 3.35. The van der Waals surface area contributed by atoms with Gasteiger partial charge in [-0.05, 0) is 32.1 Å². The molecular weight excluding hydrogens is 285 g/mol. The van der Waals surface area contributed by atoms with Crippen molar-refractivity contribution in [3.05, 3.63) is 0 Å². The number of nitrogens with two attached hydrogens (primary N) is 1. The number of rotatable bonds is 2. The maximum Gasteiger partial charge on any atom is 0.391 e. The summed E-state index contributed by atoms with van der Waals surface area (Å²) in [7, 11) is 0. The second-order valence-electron chi connectivity index (χ2n) is 6.10. The predicted molar refractivity (Wildman–Crippen MR) is 70.0 cm³/mol. The summed E-state index contributed by atoms with van der Waals surface area (Å²) in [5.41, 5.74) is 5.23. The smallest absolute Gasteiger partial charge is 0.369 e. The van der Waals surface area contributed by atoms with Gasteiger partial charge in [0.15, 0.2) is 0 Å². The Kier molecular flexibility index (Phi) is 4.78. The van der Waals surface area contributed by atoms with Gasteiger partial charge in [-0.2, -0.15) is 13.2 Å². The van der Waals surface area contributed by atoms with Crippen LogP contribution in [0.25, 0.3) is 0 Å². The molecule has 4 nitrogen and oxygen atoms in total. The van der Waals surface area contributed by atoms with Gasteiger partial charge in [-0.1, -0.05) is 6.42 Å². The molecule has 2 aliphatic rings. The highest BCUT2D eigenvalue weighted by Gasteiger charge is 2.44. The first kappa shape index (κ1) is 16.1. The number of halogens is 3. The lowest BCUT2D eigenvalue weighted by Crippen LogP contribution is -2.45. The van der Waals surface area contributed by atoms with Crippen LogP contribution in [0.2, 0.25) is 0 Å². The minimum atomic E-state index is -4.21. The molecule has 1 heterocycles. The Morgan fingerprint density at radius 1 is 1.00 bits per heavy atom. The molecule has 2 atom stereocenters. The average Bonchev–Trinajstić information content (AvgIpc) is 2.46. The number of nitrogens with zero attached hydrogens (tertiary/aromatic N) is 1. The molecule has 0 bridgehead atoms. The first-order chi connectivity index (χ1) is 9.79. The third-order valence-corrected chi connectivity index (χ3v) is 4.70. The van der Waals surface area contributed by atoms with Crippen LogP contribution in [-0.2, 0) is 9.59 Å². The standard InChI is InChI=1S/C14H21F3N2O2/c15-14(16,17)11-3-1-2-10(8-11)13(21)19-6-4-9(5-7-19)12(18)20/h9-11H,1-8H2,(H2,18,20)/t10-,11+/m1/s1. The molecule has 0 spiro atoms. The summed E-state index contributed by atoms with van der Waals surface area (Å²) in [4.78, 5) is 25.0. The Labute approximate surface area is 121 Å². The van der Waals surface area contributed by atoms with Crippen molar-refractivity contribution in [1.82, 2.24) is 4.90 Å². The van der Waals surface area contributed by atoms with Gasteiger partial charge in [-0.15, -0.1) is 0 Å². The van der Waals surface area contributed by atoms with Gasteiger partial charge in [-0.25, -0.2) is 0 Å². The van der Waals surface area contributed by atoms with Crippen molar-refractivity contribution in [3.63, 3.8) is 0 Å². The lowest BCUT2D eigenvalue weighted by Gasteiger charge is -2.36. The van der Waals surface area contributed by atoms with Crippen molar-refractivity contribution in [3.8, 4) is 0 Å². The van der Waals surface area contributed by atoms with E-state index >= 15 is 0 Å². The molecule has 2 amide bonds. The molecule has 1 saturated carbocycles. The van der Waals surface area contributed by atoms with Crippen LogP contribution in [0.5, 0.6) is 0 Å². The van der Waals surface area contributed by atoms with Gasteiger partial charge in [0.25, 0.3) is 0 Å². The molecule has 0 unspecified atom stereocenters. The van der Waals surface area contributed by atoms with E-state index in [9.17, 15) is 22.8 Å². The van der Waals surface area contributed by atoms with Crippen LogP contribution in [0, 0.1) is 17.8 Å². The summed E-state index contributed by atoms with van der Waals surface area (Å²) in [5, 5.41) is 0. The van der Waals surface area contributed by atoms with E-state index in [4.69, 9.17) is 5.73 Å². The summed E-state index contributed by atoms with van der Waals surface area (Å²) in [6.45, 7) is 0.833. The number of piperidine rings is 1. The van der Waals surface area contributed by atoms with E-state index in [0.29, 0.717) is 38.8 Å². The number of primary amides is 1. The molecular formula is C14H21F3N2O2. The van der Waals surface area contributed by atoms with Crippen LogP contribution in [0.4, 0.5) is 13.2 Å². The topological polar surface area (TPSA) is 63.4 Å². The summed E-state index contributed by atoms with van der Waals surface area (Å²) < 4.78 is 38.4. The number of hydrogen-bond donors (Lipinski definition) is 1. The van der Waals surface area contributed by atoms with Gasteiger partial charge in [-0.3, -0.25) is 9.59 Å². The van der Waals surface area contributed by atoms with Crippen LogP contribution in [-0.4, -0.2) is 36.0 Å². The normalized spacial score (nSPS) is 28.4. The third kappa shape index (κ3) is 3.89. The highest BCUT2D eigenvalue weighted by molar-refractivity contribution is 5.80. The predicted octanol–water partition coefficient (Wildman–Crippen LogP) is 2.08. The van der Waals surface area contributed by atoms with Gasteiger partial charge in [0.1, 0.15) is 0 Å². The van der Waals surface area contributed by atoms with Gasteiger partial charge in [0.05, 0.1) is 5.92 Å². The maximum atomic E-state index is 12.8. The summed E-state index contributed by atoms with van der Waals surface area (Å²) in [5.74, 6) is -2.66. The second kappa shape index (κ2) is 6.23. The van der Waals surface area contributed by atoms with Crippen LogP contribution in [0.1, 0.15) is 38.5 Å². The Hall–Kier alpha value is -1.27. The highest BCUT2D eigenvalue weighted by Crippen LogP contribution is 2.40. The Bertz CT molecular complexity index is 404. The monoisotopic (exact) mass is 306 g/mol. The molecule has 7 heteroatoms. The van der Waals surface area contributed by atoms with Crippen molar-refractivity contribution in [2.45, 2.75) is 44.7 Å². The van der Waals surface area contributed by atoms with Crippen LogP contribution < -0.4 is 5.73 Å². The number of alkyl halides is 3. The van der Waals surface area contributed by atoms with E-state index in [2.05, 4.69) is 0 Å². The molecule has 1 aliphatic heterocycles. The Morgan fingerprint density at radius 2 is 1.62 bits per heavy atom. The van der Waals surface area contributed by atoms with Crippen LogP contribution in [0.15, 0.2) is 0 Å². The van der Waals surface area contributed by atoms with Crippen molar-refractivity contribution >= 4 is 11.8 Å². The summed E-state index contributed by atoms with van der Waals surface area (Å²) in [6.07, 6.45) is -2.19. The van der Waals surface area contributed by atoms with Crippen molar-refractivity contribution in [2.24, 2.45) is 23.5 Å². The van der Waals surface area contributed by atoms with Crippen molar-refractivity contribution in [1.29, 1.82) is 0 Å². The molecule has 2 N–H and O–H groups in total. The van der Waals surface area contributed by atoms with Crippen molar-refractivity contribution < 1.29 is 22.8 Å². The first-order valence-electron chi connectivity index (χ1n) is 7.44. The fourth-order valence-corrected chi connectivity index (χ4v) is 3.35. The quantitative estimate of drug-likeness (QED) is 0.849. The van der Waals surface area contributed by atoms with Gasteiger partial charge in [0, 0.05) is 24.9 Å². The van der Waals surface area contributed by atoms with Gasteiger partial charge < -0.3 is 10.6 Å². The summed E-state index contributed by atoms with van der Waals surface area (Å²) >= 11 is 0. The third-order valence-electron chi connectivity index (χ3n) is 4.70. The summed E-state index contributed by atoms with van der Waals surface area (Å²) in [6, 6.07) is 0. The Morgan fingerprint density at radius 3 is 2.14 bits per heavy atom. The molecule has 1 saturated heterocycles. The van der Waals surface area contributed by atoms with Crippen LogP contribution >= 0.6 is 0 Å². The number of carbonyl (C=O) groups is 2. The molecule has 0 aromatic rings. The lowest BCUT2D eigenvalue weighted by atomic mass is 9.80. The zero-order valence-electron chi connectivity index (χ0n) is 11.9. The SMILES string of the molecule is NC(=O)C1CCN(C(=O)[C@@H]2CCC[C@H](C(F)(F)F)C2)CC1. The Balaban J connectivity index is 1.90. The molecule has 0 aromatic carbocycles. The number of amides is 2. The van der Waals surface area contributed by atoms with Crippen molar-refractivity contribution in [2.75, 3.05) is 13.1 Å². The average molecular weight is 306 g/mol. The van der Waals surface area contributed by atoms with E-state index in [1.54, 1.807) is 4.90 Å². The lowest BCUT2D eigenvalue weighted by molar-refractivity contribution is -0.187. The number of hydrogen-bond acceptors (Lipinski definition) is 2. The van der Waals surface area contributed by atoms with E-state index in [-0.39, 0.29) is 30.6 Å². The highest BCUT2D eigenvalue weighted by atomic mass is 19.4. The zero-order valence-corrected chi connectivity index (χ0v) is 11.9. The fraction of sp³-hybridized carbons (Fsp3) is 0.857. The molecule has 120 valence electrons. The first-order valence-corrected chi connectivity index (χ1v) is 7.44. The zero-order chi connectivity index (χ0) is 15.6. The number of likely N-dealkylation sites (tertiary alicyclic amines) is 1. The minimum Gasteiger partial charge on any atom is -0.369 e. The molecule has 0 radical (unpaired) electrons. The second-order valence-corrected chi connectivity index (χ2v) is 6.10.